The zero-order chi connectivity index (χ0) is 13.0. The maximum atomic E-state index is 11.4. The molecule has 0 spiro atoms. The van der Waals surface area contributed by atoms with E-state index in [1.807, 2.05) is 0 Å². The van der Waals surface area contributed by atoms with Crippen LogP contribution in [0.25, 0.3) is 0 Å². The molecule has 2 N–H and O–H groups in total. The number of aromatic hydroxyl groups is 1. The second-order valence-corrected chi connectivity index (χ2v) is 3.87. The molecule has 0 saturated heterocycles. The fourth-order valence-electron chi connectivity index (χ4n) is 1.16. The van der Waals surface area contributed by atoms with Crippen molar-refractivity contribution in [1.82, 2.24) is 0 Å². The number of hydrogen-bond acceptors (Lipinski definition) is 4. The molecule has 0 radical (unpaired) electrons. The largest absolute Gasteiger partial charge is 0.506 e. The highest BCUT2D eigenvalue weighted by Crippen LogP contribution is 2.25. The molecule has 0 aliphatic carbocycles. The van der Waals surface area contributed by atoms with Crippen molar-refractivity contribution >= 4 is 17.6 Å². The van der Waals surface area contributed by atoms with Crippen LogP contribution in [0, 0.1) is 5.92 Å². The Morgan fingerprint density at radius 1 is 1.35 bits per heavy atom. The van der Waals surface area contributed by atoms with Crippen LogP contribution in [0.4, 0.5) is 5.69 Å². The van der Waals surface area contributed by atoms with E-state index in [0.29, 0.717) is 0 Å². The van der Waals surface area contributed by atoms with Crippen LogP contribution in [0.1, 0.15) is 24.2 Å². The Labute approximate surface area is 99.4 Å². The van der Waals surface area contributed by atoms with Gasteiger partial charge in [0.25, 0.3) is 0 Å². The molecule has 5 heteroatoms. The number of hydrogen-bond donors (Lipinski definition) is 2. The van der Waals surface area contributed by atoms with E-state index in [2.05, 4.69) is 10.1 Å². The number of benzene rings is 1. The second kappa shape index (κ2) is 5.34. The number of amides is 1. The van der Waals surface area contributed by atoms with Crippen LogP contribution in [0.2, 0.25) is 0 Å². The van der Waals surface area contributed by atoms with E-state index >= 15 is 0 Å². The van der Waals surface area contributed by atoms with Crippen LogP contribution in [-0.4, -0.2) is 24.1 Å². The molecule has 0 bridgehead atoms. The number of rotatable bonds is 3. The topological polar surface area (TPSA) is 75.6 Å². The average Bonchev–Trinajstić information content (AvgIpc) is 2.30. The number of methoxy groups -OCH3 is 1. The smallest absolute Gasteiger partial charge is 0.337 e. The van der Waals surface area contributed by atoms with Gasteiger partial charge in [-0.1, -0.05) is 13.8 Å². The number of ether oxygens (including phenoxy) is 1. The van der Waals surface area contributed by atoms with Gasteiger partial charge in [0.05, 0.1) is 18.4 Å². The van der Waals surface area contributed by atoms with Crippen LogP contribution >= 0.6 is 0 Å². The monoisotopic (exact) mass is 237 g/mol. The lowest BCUT2D eigenvalue weighted by Crippen LogP contribution is -2.17. The maximum absolute atomic E-state index is 11.4. The Bertz CT molecular complexity index is 440. The lowest BCUT2D eigenvalue weighted by Gasteiger charge is -2.10. The summed E-state index contributed by atoms with van der Waals surface area (Å²) < 4.78 is 4.51. The molecule has 0 aromatic heterocycles. The third-order valence-electron chi connectivity index (χ3n) is 2.20. The minimum absolute atomic E-state index is 0.165. The van der Waals surface area contributed by atoms with Crippen LogP contribution in [0.3, 0.4) is 0 Å². The highest BCUT2D eigenvalue weighted by Gasteiger charge is 2.12. The van der Waals surface area contributed by atoms with Crippen molar-refractivity contribution in [3.8, 4) is 5.75 Å². The van der Waals surface area contributed by atoms with Gasteiger partial charge in [-0.3, -0.25) is 4.79 Å². The van der Waals surface area contributed by atoms with Gasteiger partial charge in [0, 0.05) is 5.92 Å². The molecule has 0 fully saturated rings. The lowest BCUT2D eigenvalue weighted by molar-refractivity contribution is -0.118. The summed E-state index contributed by atoms with van der Waals surface area (Å²) in [6.45, 7) is 3.49. The molecule has 0 unspecified atom stereocenters. The van der Waals surface area contributed by atoms with Gasteiger partial charge >= 0.3 is 5.97 Å². The number of phenolic OH excluding ortho intramolecular Hbond substituents is 1. The van der Waals surface area contributed by atoms with Gasteiger partial charge in [0.1, 0.15) is 5.75 Å². The Morgan fingerprint density at radius 3 is 2.47 bits per heavy atom. The molecule has 17 heavy (non-hydrogen) atoms. The zero-order valence-electron chi connectivity index (χ0n) is 9.98. The predicted molar refractivity (Wildman–Crippen MR) is 62.9 cm³/mol. The maximum Gasteiger partial charge on any atom is 0.337 e. The summed E-state index contributed by atoms with van der Waals surface area (Å²) in [7, 11) is 1.26. The average molecular weight is 237 g/mol. The van der Waals surface area contributed by atoms with Crippen molar-refractivity contribution in [2.45, 2.75) is 13.8 Å². The minimum atomic E-state index is -0.540. The van der Waals surface area contributed by atoms with Crippen molar-refractivity contribution < 1.29 is 19.4 Å². The van der Waals surface area contributed by atoms with Gasteiger partial charge in [-0.2, -0.15) is 0 Å². The molecule has 1 aromatic carbocycles. The van der Waals surface area contributed by atoms with Gasteiger partial charge in [-0.25, -0.2) is 4.79 Å². The van der Waals surface area contributed by atoms with Crippen molar-refractivity contribution in [2.24, 2.45) is 5.92 Å². The number of carbonyl (C=O) groups is 2. The summed E-state index contributed by atoms with van der Waals surface area (Å²) in [5.74, 6) is -1.09. The van der Waals surface area contributed by atoms with Gasteiger partial charge in [-0.15, -0.1) is 0 Å². The van der Waals surface area contributed by atoms with E-state index in [9.17, 15) is 14.7 Å². The molecule has 1 aromatic rings. The predicted octanol–water partition coefficient (Wildman–Crippen LogP) is 1.77. The molecule has 92 valence electrons. The van der Waals surface area contributed by atoms with E-state index in [0.717, 1.165) is 0 Å². The summed E-state index contributed by atoms with van der Waals surface area (Å²) in [6.07, 6.45) is 0. The van der Waals surface area contributed by atoms with Crippen LogP contribution in [0.5, 0.6) is 5.75 Å². The second-order valence-electron chi connectivity index (χ2n) is 3.87. The van der Waals surface area contributed by atoms with E-state index in [-0.39, 0.29) is 28.8 Å². The number of esters is 1. The van der Waals surface area contributed by atoms with Gasteiger partial charge in [0.2, 0.25) is 5.91 Å². The Kier molecular flexibility index (Phi) is 4.09. The molecule has 5 nitrogen and oxygen atoms in total. The molecule has 0 aliphatic rings. The summed E-state index contributed by atoms with van der Waals surface area (Å²) in [4.78, 5) is 22.6. The fourth-order valence-corrected chi connectivity index (χ4v) is 1.16. The Hall–Kier alpha value is -2.04. The molecule has 0 heterocycles. The van der Waals surface area contributed by atoms with Gasteiger partial charge in [0.15, 0.2) is 0 Å². The summed E-state index contributed by atoms with van der Waals surface area (Å²) >= 11 is 0. The van der Waals surface area contributed by atoms with Crippen LogP contribution in [0.15, 0.2) is 18.2 Å². The minimum Gasteiger partial charge on any atom is -0.506 e. The molecule has 0 aliphatic heterocycles. The van der Waals surface area contributed by atoms with Crippen LogP contribution < -0.4 is 5.32 Å². The van der Waals surface area contributed by atoms with Gasteiger partial charge < -0.3 is 15.2 Å². The highest BCUT2D eigenvalue weighted by molar-refractivity contribution is 5.95. The summed E-state index contributed by atoms with van der Waals surface area (Å²) in [6, 6.07) is 4.19. The molecular formula is C12H15NO4. The lowest BCUT2D eigenvalue weighted by atomic mass is 10.1. The molecular weight excluding hydrogens is 222 g/mol. The highest BCUT2D eigenvalue weighted by atomic mass is 16.5. The van der Waals surface area contributed by atoms with E-state index in [1.54, 1.807) is 13.8 Å². The quantitative estimate of drug-likeness (QED) is 0.620. The molecule has 0 atom stereocenters. The third-order valence-corrected chi connectivity index (χ3v) is 2.20. The third kappa shape index (κ3) is 3.21. The fraction of sp³-hybridized carbons (Fsp3) is 0.333. The van der Waals surface area contributed by atoms with Crippen molar-refractivity contribution in [3.05, 3.63) is 23.8 Å². The number of carbonyl (C=O) groups excluding carboxylic acids is 2. The van der Waals surface area contributed by atoms with Crippen molar-refractivity contribution in [1.29, 1.82) is 0 Å². The molecule has 1 amide bonds. The first kappa shape index (κ1) is 13.0. The standard InChI is InChI=1S/C12H15NO4/c1-7(2)11(15)13-9-5-4-8(6-10(9)14)12(16)17-3/h4-7,14H,1-3H3,(H,13,15). The Morgan fingerprint density at radius 2 is 2.00 bits per heavy atom. The van der Waals surface area contributed by atoms with Crippen molar-refractivity contribution in [2.75, 3.05) is 12.4 Å². The molecule has 1 rings (SSSR count). The number of phenols is 1. The Balaban J connectivity index is 2.90. The summed E-state index contributed by atoms with van der Waals surface area (Å²) in [5, 5.41) is 12.2. The van der Waals surface area contributed by atoms with E-state index in [1.165, 1.54) is 25.3 Å². The first-order valence-electron chi connectivity index (χ1n) is 5.18. The van der Waals surface area contributed by atoms with E-state index in [4.69, 9.17) is 0 Å². The summed E-state index contributed by atoms with van der Waals surface area (Å²) in [5.41, 5.74) is 0.504. The number of nitrogens with one attached hydrogen (secondary N) is 1. The number of anilines is 1. The first-order chi connectivity index (χ1) is 7.95. The van der Waals surface area contributed by atoms with E-state index < -0.39 is 5.97 Å². The normalized spacial score (nSPS) is 10.1. The van der Waals surface area contributed by atoms with Crippen molar-refractivity contribution in [3.63, 3.8) is 0 Å². The SMILES string of the molecule is COC(=O)c1ccc(NC(=O)C(C)C)c(O)c1. The first-order valence-corrected chi connectivity index (χ1v) is 5.18. The zero-order valence-corrected chi connectivity index (χ0v) is 9.98. The molecule has 0 saturated carbocycles. The van der Waals surface area contributed by atoms with Crippen LogP contribution in [-0.2, 0) is 9.53 Å². The van der Waals surface area contributed by atoms with Gasteiger partial charge in [-0.05, 0) is 18.2 Å².